The Kier molecular flexibility index (Phi) is 4.64. The summed E-state index contributed by atoms with van der Waals surface area (Å²) in [4.78, 5) is 23.1. The van der Waals surface area contributed by atoms with E-state index >= 15 is 0 Å². The van der Waals surface area contributed by atoms with Crippen molar-refractivity contribution in [3.8, 4) is 0 Å². The highest BCUT2D eigenvalue weighted by Crippen LogP contribution is 2.42. The molecule has 0 aromatic heterocycles. The lowest BCUT2D eigenvalue weighted by atomic mass is 10.0. The predicted molar refractivity (Wildman–Crippen MR) is 62.9 cm³/mol. The summed E-state index contributed by atoms with van der Waals surface area (Å²) in [5.74, 6) is -4.25. The lowest BCUT2D eigenvalue weighted by molar-refractivity contribution is -0.268. The maximum Gasteiger partial charge on any atom is 0.419 e. The summed E-state index contributed by atoms with van der Waals surface area (Å²) < 4.78 is 49.0. The maximum absolute atomic E-state index is 13.2. The van der Waals surface area contributed by atoms with Gasteiger partial charge in [0.05, 0.1) is 5.57 Å². The molecular weight excluding hydrogens is 297 g/mol. The van der Waals surface area contributed by atoms with Crippen molar-refractivity contribution in [3.05, 3.63) is 23.4 Å². The van der Waals surface area contributed by atoms with Gasteiger partial charge in [-0.25, -0.2) is 14.5 Å². The number of alkyl halides is 3. The van der Waals surface area contributed by atoms with Gasteiger partial charge in [-0.05, 0) is 6.08 Å². The number of carbonyl (C=O) groups excluding carboxylic acids is 1. The van der Waals surface area contributed by atoms with Crippen LogP contribution in [0.25, 0.3) is 0 Å². The van der Waals surface area contributed by atoms with E-state index in [9.17, 15) is 22.8 Å². The average molecular weight is 310 g/mol. The summed E-state index contributed by atoms with van der Waals surface area (Å²) in [6, 6.07) is -1.03. The lowest BCUT2D eigenvalue weighted by Crippen LogP contribution is -2.59. The van der Waals surface area contributed by atoms with E-state index in [1.165, 1.54) is 0 Å². The number of rotatable bonds is 3. The first-order valence-electron chi connectivity index (χ1n) is 5.49. The third kappa shape index (κ3) is 2.85. The Morgan fingerprint density at radius 1 is 1.33 bits per heavy atom. The predicted octanol–water partition coefficient (Wildman–Crippen LogP) is 1.05. The minimum Gasteiger partial charge on any atom is -0.478 e. The Morgan fingerprint density at radius 3 is 2.19 bits per heavy atom. The van der Waals surface area contributed by atoms with Crippen LogP contribution in [0, 0.1) is 0 Å². The molecule has 0 spiro atoms. The molecule has 0 bridgehead atoms. The van der Waals surface area contributed by atoms with Gasteiger partial charge in [-0.2, -0.15) is 13.2 Å². The van der Waals surface area contributed by atoms with Crippen molar-refractivity contribution in [1.29, 1.82) is 0 Å². The van der Waals surface area contributed by atoms with Gasteiger partial charge < -0.3 is 19.9 Å². The summed E-state index contributed by atoms with van der Waals surface area (Å²) in [5.41, 5.74) is -2.21. The Hall–Kier alpha value is -2.07. The van der Waals surface area contributed by atoms with Crippen molar-refractivity contribution in [2.75, 3.05) is 21.3 Å². The van der Waals surface area contributed by atoms with Crippen LogP contribution in [0.1, 0.15) is 0 Å². The molecule has 1 aliphatic heterocycles. The van der Waals surface area contributed by atoms with Crippen LogP contribution in [0.4, 0.5) is 18.0 Å². The first-order chi connectivity index (χ1) is 9.63. The molecule has 1 aliphatic rings. The summed E-state index contributed by atoms with van der Waals surface area (Å²) in [7, 11) is 2.97. The minimum atomic E-state index is -4.98. The monoisotopic (exact) mass is 310 g/mol. The van der Waals surface area contributed by atoms with E-state index in [1.807, 2.05) is 0 Å². The molecular formula is C11H13F3N2O5. The summed E-state index contributed by atoms with van der Waals surface area (Å²) in [6.07, 6.45) is -3.93. The molecule has 0 radical (unpaired) electrons. The van der Waals surface area contributed by atoms with E-state index < -0.39 is 35.2 Å². The van der Waals surface area contributed by atoms with Crippen LogP contribution in [0.5, 0.6) is 0 Å². The fourth-order valence-electron chi connectivity index (χ4n) is 1.83. The van der Waals surface area contributed by atoms with Crippen LogP contribution in [0.2, 0.25) is 0 Å². The highest BCUT2D eigenvalue weighted by atomic mass is 19.4. The number of halogens is 3. The second-order valence-corrected chi connectivity index (χ2v) is 3.86. The van der Waals surface area contributed by atoms with E-state index in [0.29, 0.717) is 17.2 Å². The number of urea groups is 1. The number of amides is 2. The third-order valence-electron chi connectivity index (χ3n) is 2.76. The Bertz CT molecular complexity index is 508. The molecule has 0 aliphatic carbocycles. The number of aliphatic carboxylic acids is 1. The van der Waals surface area contributed by atoms with E-state index in [0.717, 1.165) is 21.3 Å². The van der Waals surface area contributed by atoms with Gasteiger partial charge in [0.15, 0.2) is 0 Å². The van der Waals surface area contributed by atoms with Crippen LogP contribution in [0.3, 0.4) is 0 Å². The lowest BCUT2D eigenvalue weighted by Gasteiger charge is -2.42. The number of methoxy groups -OCH3 is 2. The summed E-state index contributed by atoms with van der Waals surface area (Å²) >= 11 is 0. The minimum absolute atomic E-state index is 0.356. The second kappa shape index (κ2) is 5.74. The quantitative estimate of drug-likeness (QED) is 0.761. The van der Waals surface area contributed by atoms with Crippen molar-refractivity contribution in [3.63, 3.8) is 0 Å². The number of hydrogen-bond donors (Lipinski definition) is 2. The van der Waals surface area contributed by atoms with E-state index in [1.54, 1.807) is 0 Å². The molecule has 118 valence electrons. The zero-order valence-electron chi connectivity index (χ0n) is 11.3. The van der Waals surface area contributed by atoms with E-state index in [-0.39, 0.29) is 0 Å². The van der Waals surface area contributed by atoms with E-state index in [2.05, 4.69) is 5.32 Å². The molecule has 0 saturated heterocycles. The zero-order valence-corrected chi connectivity index (χ0v) is 11.3. The van der Waals surface area contributed by atoms with Crippen LogP contribution >= 0.6 is 0 Å². The van der Waals surface area contributed by atoms with Crippen molar-refractivity contribution in [2.45, 2.75) is 12.1 Å². The number of nitrogens with zero attached hydrogens (tertiary/aromatic N) is 1. The SMILES string of the molecule is CNC(=O)N1C=C(C(=O)O)C=C(C(F)(F)F)C1(OC)OC. The molecule has 0 unspecified atom stereocenters. The average Bonchev–Trinajstić information content (AvgIpc) is 2.43. The number of nitrogens with one attached hydrogen (secondary N) is 1. The third-order valence-corrected chi connectivity index (χ3v) is 2.76. The van der Waals surface area contributed by atoms with Gasteiger partial charge >= 0.3 is 18.2 Å². The second-order valence-electron chi connectivity index (χ2n) is 3.86. The van der Waals surface area contributed by atoms with Gasteiger partial charge in [0, 0.05) is 27.5 Å². The summed E-state index contributed by atoms with van der Waals surface area (Å²) in [5, 5.41) is 11.0. The van der Waals surface area contributed by atoms with Crippen molar-refractivity contribution in [2.24, 2.45) is 0 Å². The molecule has 7 nitrogen and oxygen atoms in total. The molecule has 0 atom stereocenters. The van der Waals surface area contributed by atoms with Crippen LogP contribution in [-0.2, 0) is 14.3 Å². The Morgan fingerprint density at radius 2 is 1.86 bits per heavy atom. The number of carboxylic acid groups (broad SMARTS) is 1. The molecule has 2 amide bonds. The molecule has 1 heterocycles. The first kappa shape index (κ1) is 17.0. The van der Waals surface area contributed by atoms with Crippen molar-refractivity contribution < 1.29 is 37.3 Å². The zero-order chi connectivity index (χ0) is 16.4. The smallest absolute Gasteiger partial charge is 0.419 e. The van der Waals surface area contributed by atoms with Crippen LogP contribution in [0.15, 0.2) is 23.4 Å². The number of carboxylic acids is 1. The van der Waals surface area contributed by atoms with E-state index in [4.69, 9.17) is 14.6 Å². The standard InChI is InChI=1S/C11H13F3N2O5/c1-15-9(19)16-5-6(8(17)18)4-7(10(12,13)14)11(16,20-2)21-3/h4-5H,1-3H3,(H,15,19)(H,17,18). The first-order valence-corrected chi connectivity index (χ1v) is 5.49. The summed E-state index contributed by atoms with van der Waals surface area (Å²) in [6.45, 7) is 0. The number of carbonyl (C=O) groups is 2. The molecule has 0 aromatic rings. The van der Waals surface area contributed by atoms with Crippen LogP contribution in [-0.4, -0.2) is 55.4 Å². The van der Waals surface area contributed by atoms with Gasteiger partial charge in [0.2, 0.25) is 0 Å². The fourth-order valence-corrected chi connectivity index (χ4v) is 1.83. The molecule has 10 heteroatoms. The largest absolute Gasteiger partial charge is 0.478 e. The fraction of sp³-hybridized carbons (Fsp3) is 0.455. The normalized spacial score (nSPS) is 17.9. The van der Waals surface area contributed by atoms with Crippen molar-refractivity contribution >= 4 is 12.0 Å². The van der Waals surface area contributed by atoms with Gasteiger partial charge in [-0.15, -0.1) is 0 Å². The Balaban J connectivity index is 3.59. The van der Waals surface area contributed by atoms with Gasteiger partial charge in [-0.3, -0.25) is 0 Å². The number of ether oxygens (including phenoxy) is 2. The molecule has 0 saturated carbocycles. The Labute approximate surface area is 117 Å². The molecule has 0 aromatic carbocycles. The van der Waals surface area contributed by atoms with Gasteiger partial charge in [0.1, 0.15) is 5.57 Å². The van der Waals surface area contributed by atoms with Crippen molar-refractivity contribution in [1.82, 2.24) is 10.2 Å². The maximum atomic E-state index is 13.2. The highest BCUT2D eigenvalue weighted by Gasteiger charge is 2.56. The molecule has 1 rings (SSSR count). The van der Waals surface area contributed by atoms with Gasteiger partial charge in [-0.1, -0.05) is 0 Å². The topological polar surface area (TPSA) is 88.1 Å². The molecule has 21 heavy (non-hydrogen) atoms. The van der Waals surface area contributed by atoms with Crippen LogP contribution < -0.4 is 5.32 Å². The number of hydrogen-bond acceptors (Lipinski definition) is 4. The highest BCUT2D eigenvalue weighted by molar-refractivity contribution is 5.92. The molecule has 2 N–H and O–H groups in total. The molecule has 0 fully saturated rings. The van der Waals surface area contributed by atoms with Gasteiger partial charge in [0.25, 0.3) is 5.91 Å².